The van der Waals surface area contributed by atoms with Crippen LogP contribution in [0.1, 0.15) is 30.7 Å². The molecule has 0 bridgehead atoms. The molecule has 0 amide bonds. The maximum atomic E-state index is 8.98. The van der Waals surface area contributed by atoms with Gasteiger partial charge in [-0.1, -0.05) is 6.07 Å². The summed E-state index contributed by atoms with van der Waals surface area (Å²) in [5, 5.41) is 12.4. The minimum Gasteiger partial charge on any atom is -0.468 e. The van der Waals surface area contributed by atoms with Crippen molar-refractivity contribution in [2.45, 2.75) is 37.5 Å². The molecule has 2 saturated heterocycles. The molecule has 25 heavy (non-hydrogen) atoms. The molecule has 2 aliphatic heterocycles. The van der Waals surface area contributed by atoms with Crippen LogP contribution < -0.4 is 5.32 Å². The van der Waals surface area contributed by atoms with Crippen LogP contribution in [0.2, 0.25) is 0 Å². The quantitative estimate of drug-likeness (QED) is 0.924. The summed E-state index contributed by atoms with van der Waals surface area (Å²) in [6.45, 7) is 3.52. The fraction of sp³-hybridized carbons (Fsp3) is 0.474. The van der Waals surface area contributed by atoms with Crippen molar-refractivity contribution in [1.29, 1.82) is 5.26 Å². The van der Waals surface area contributed by atoms with E-state index in [2.05, 4.69) is 21.3 Å². The fourth-order valence-corrected chi connectivity index (χ4v) is 3.96. The number of rotatable bonds is 4. The van der Waals surface area contributed by atoms with Crippen LogP contribution in [0.3, 0.4) is 0 Å². The highest BCUT2D eigenvalue weighted by Gasteiger charge is 2.43. The number of anilines is 1. The first-order valence-electron chi connectivity index (χ1n) is 8.77. The Morgan fingerprint density at radius 2 is 2.32 bits per heavy atom. The van der Waals surface area contributed by atoms with E-state index in [9.17, 15) is 0 Å². The maximum Gasteiger partial charge on any atom is 0.142 e. The van der Waals surface area contributed by atoms with Crippen molar-refractivity contribution < 1.29 is 9.15 Å². The van der Waals surface area contributed by atoms with Gasteiger partial charge in [0.2, 0.25) is 0 Å². The Bertz CT molecular complexity index is 755. The first-order chi connectivity index (χ1) is 12.2. The van der Waals surface area contributed by atoms with Gasteiger partial charge in [0.25, 0.3) is 0 Å². The SMILES string of the molecule is N#Cc1cccc(N[C@@H]2CO[C@]3(CCCN(Cc4ccco4)C3)C2)n1. The van der Waals surface area contributed by atoms with Crippen LogP contribution in [-0.4, -0.2) is 41.2 Å². The molecule has 6 heteroatoms. The number of nitrogens with one attached hydrogen (secondary N) is 1. The van der Waals surface area contributed by atoms with E-state index in [4.69, 9.17) is 14.4 Å². The van der Waals surface area contributed by atoms with Gasteiger partial charge in [0.15, 0.2) is 0 Å². The number of nitriles is 1. The zero-order valence-corrected chi connectivity index (χ0v) is 14.1. The lowest BCUT2D eigenvalue weighted by molar-refractivity contribution is -0.0544. The highest BCUT2D eigenvalue weighted by Crippen LogP contribution is 2.36. The Kier molecular flexibility index (Phi) is 4.43. The minimum atomic E-state index is -0.0879. The van der Waals surface area contributed by atoms with Crippen LogP contribution >= 0.6 is 0 Å². The lowest BCUT2D eigenvalue weighted by Crippen LogP contribution is -2.47. The fourth-order valence-electron chi connectivity index (χ4n) is 3.96. The third-order valence-corrected chi connectivity index (χ3v) is 5.00. The van der Waals surface area contributed by atoms with E-state index in [1.165, 1.54) is 0 Å². The number of nitrogens with zero attached hydrogens (tertiary/aromatic N) is 3. The summed E-state index contributed by atoms with van der Waals surface area (Å²) in [5.41, 5.74) is 0.343. The molecular weight excluding hydrogens is 316 g/mol. The van der Waals surface area contributed by atoms with Crippen molar-refractivity contribution in [3.63, 3.8) is 0 Å². The van der Waals surface area contributed by atoms with E-state index in [1.54, 1.807) is 12.3 Å². The largest absolute Gasteiger partial charge is 0.468 e. The molecular formula is C19H22N4O2. The smallest absolute Gasteiger partial charge is 0.142 e. The van der Waals surface area contributed by atoms with Crippen molar-refractivity contribution in [1.82, 2.24) is 9.88 Å². The van der Waals surface area contributed by atoms with Crippen molar-refractivity contribution in [2.24, 2.45) is 0 Å². The second-order valence-corrected chi connectivity index (χ2v) is 6.95. The lowest BCUT2D eigenvalue weighted by atomic mass is 9.88. The highest BCUT2D eigenvalue weighted by atomic mass is 16.5. The molecule has 0 radical (unpaired) electrons. The molecule has 6 nitrogen and oxygen atoms in total. The Morgan fingerprint density at radius 1 is 1.36 bits per heavy atom. The van der Waals surface area contributed by atoms with E-state index >= 15 is 0 Å². The Labute approximate surface area is 147 Å². The standard InChI is InChI=1S/C19H22N4O2/c20-11-15-4-1-6-18(21-15)22-16-10-19(25-13-16)7-3-8-23(14-19)12-17-5-2-9-24-17/h1-2,4-6,9,16H,3,7-8,10,12-14H2,(H,21,22)/t16-,19+/m0/s1. The molecule has 130 valence electrons. The van der Waals surface area contributed by atoms with Gasteiger partial charge in [0.05, 0.1) is 31.1 Å². The third-order valence-electron chi connectivity index (χ3n) is 5.00. The second kappa shape index (κ2) is 6.87. The van der Waals surface area contributed by atoms with Crippen LogP contribution in [0.15, 0.2) is 41.0 Å². The van der Waals surface area contributed by atoms with E-state index in [1.807, 2.05) is 24.3 Å². The summed E-state index contributed by atoms with van der Waals surface area (Å²) < 4.78 is 11.7. The normalized spacial score (nSPS) is 26.6. The van der Waals surface area contributed by atoms with Gasteiger partial charge in [0.1, 0.15) is 23.3 Å². The Morgan fingerprint density at radius 3 is 3.16 bits per heavy atom. The van der Waals surface area contributed by atoms with E-state index in [0.717, 1.165) is 50.5 Å². The number of piperidine rings is 1. The molecule has 0 aromatic carbocycles. The van der Waals surface area contributed by atoms with E-state index in [-0.39, 0.29) is 11.6 Å². The summed E-state index contributed by atoms with van der Waals surface area (Å²) in [5.74, 6) is 1.75. The van der Waals surface area contributed by atoms with Crippen LogP contribution in [0.5, 0.6) is 0 Å². The summed E-state index contributed by atoms with van der Waals surface area (Å²) >= 11 is 0. The second-order valence-electron chi connectivity index (χ2n) is 6.95. The van der Waals surface area contributed by atoms with Gasteiger partial charge in [-0.05, 0) is 43.7 Å². The molecule has 1 N–H and O–H groups in total. The molecule has 0 aliphatic carbocycles. The van der Waals surface area contributed by atoms with Crippen LogP contribution in [0, 0.1) is 11.3 Å². The van der Waals surface area contributed by atoms with Gasteiger partial charge >= 0.3 is 0 Å². The summed E-state index contributed by atoms with van der Waals surface area (Å²) in [4.78, 5) is 6.72. The number of aromatic nitrogens is 1. The van der Waals surface area contributed by atoms with Crippen LogP contribution in [-0.2, 0) is 11.3 Å². The molecule has 0 unspecified atom stereocenters. The molecule has 2 aromatic rings. The summed E-state index contributed by atoms with van der Waals surface area (Å²) in [6.07, 6.45) is 4.91. The lowest BCUT2D eigenvalue weighted by Gasteiger charge is -2.39. The molecule has 2 atom stereocenters. The number of pyridine rings is 1. The number of hydrogen-bond acceptors (Lipinski definition) is 6. The molecule has 2 aliphatic rings. The van der Waals surface area contributed by atoms with Gasteiger partial charge in [-0.3, -0.25) is 4.90 Å². The summed E-state index contributed by atoms with van der Waals surface area (Å²) in [7, 11) is 0. The van der Waals surface area contributed by atoms with Crippen molar-refractivity contribution in [3.05, 3.63) is 48.0 Å². The maximum absolute atomic E-state index is 8.98. The predicted octanol–water partition coefficient (Wildman–Crippen LogP) is 2.78. The van der Waals surface area contributed by atoms with Gasteiger partial charge in [0, 0.05) is 13.0 Å². The zero-order valence-electron chi connectivity index (χ0n) is 14.1. The molecule has 2 aromatic heterocycles. The van der Waals surface area contributed by atoms with Crippen LogP contribution in [0.4, 0.5) is 5.82 Å². The van der Waals surface area contributed by atoms with Gasteiger partial charge < -0.3 is 14.5 Å². The summed E-state index contributed by atoms with van der Waals surface area (Å²) in [6, 6.07) is 11.7. The average Bonchev–Trinajstić information content (AvgIpc) is 3.26. The number of furan rings is 1. The first-order valence-corrected chi connectivity index (χ1v) is 8.77. The molecule has 0 saturated carbocycles. The molecule has 2 fully saturated rings. The van der Waals surface area contributed by atoms with Gasteiger partial charge in [-0.2, -0.15) is 5.26 Å². The highest BCUT2D eigenvalue weighted by molar-refractivity contribution is 5.39. The van der Waals surface area contributed by atoms with Crippen LogP contribution in [0.25, 0.3) is 0 Å². The monoisotopic (exact) mass is 338 g/mol. The number of hydrogen-bond donors (Lipinski definition) is 1. The zero-order chi connectivity index (χ0) is 17.1. The minimum absolute atomic E-state index is 0.0879. The predicted molar refractivity (Wildman–Crippen MR) is 92.9 cm³/mol. The number of ether oxygens (including phenoxy) is 1. The van der Waals surface area contributed by atoms with Gasteiger partial charge in [-0.25, -0.2) is 4.98 Å². The van der Waals surface area contributed by atoms with E-state index in [0.29, 0.717) is 12.3 Å². The molecule has 1 spiro atoms. The van der Waals surface area contributed by atoms with Crippen molar-refractivity contribution in [2.75, 3.05) is 25.0 Å². The Hall–Kier alpha value is -2.36. The number of likely N-dealkylation sites (tertiary alicyclic amines) is 1. The molecule has 4 heterocycles. The first kappa shape index (κ1) is 16.1. The topological polar surface area (TPSA) is 74.3 Å². The van der Waals surface area contributed by atoms with Gasteiger partial charge in [-0.15, -0.1) is 0 Å². The third kappa shape index (κ3) is 3.68. The van der Waals surface area contributed by atoms with E-state index < -0.39 is 0 Å². The van der Waals surface area contributed by atoms with Crippen molar-refractivity contribution in [3.8, 4) is 6.07 Å². The molecule has 4 rings (SSSR count). The Balaban J connectivity index is 1.38. The van der Waals surface area contributed by atoms with Crippen molar-refractivity contribution >= 4 is 5.82 Å². The average molecular weight is 338 g/mol.